The van der Waals surface area contributed by atoms with Crippen LogP contribution in [0.2, 0.25) is 0 Å². The molecule has 0 unspecified atom stereocenters. The van der Waals surface area contributed by atoms with E-state index in [-0.39, 0.29) is 12.0 Å². The molecule has 0 bridgehead atoms. The van der Waals surface area contributed by atoms with Gasteiger partial charge in [0.25, 0.3) is 21.5 Å². The van der Waals surface area contributed by atoms with E-state index < -0.39 is 37.1 Å². The Morgan fingerprint density at radius 2 is 1.63 bits per heavy atom. The fourth-order valence-electron chi connectivity index (χ4n) is 1.47. The Morgan fingerprint density at radius 3 is 2.00 bits per heavy atom. The lowest BCUT2D eigenvalue weighted by Crippen LogP contribution is -2.12. The summed E-state index contributed by atoms with van der Waals surface area (Å²) in [6, 6.07) is 3.34. The first kappa shape index (κ1) is 15.0. The monoisotopic (exact) mass is 290 g/mol. The van der Waals surface area contributed by atoms with Crippen LogP contribution in [0.4, 0.5) is 11.4 Å². The second-order valence-electron chi connectivity index (χ2n) is 3.47. The van der Waals surface area contributed by atoms with Crippen molar-refractivity contribution in [1.82, 2.24) is 0 Å². The van der Waals surface area contributed by atoms with Crippen LogP contribution in [-0.4, -0.2) is 31.1 Å². The lowest BCUT2D eigenvalue weighted by Gasteiger charge is -2.04. The number of nitrogens with zero attached hydrogens (tertiary/aromatic N) is 2. The van der Waals surface area contributed by atoms with Crippen molar-refractivity contribution in [2.24, 2.45) is 0 Å². The third kappa shape index (κ3) is 3.69. The van der Waals surface area contributed by atoms with E-state index in [0.717, 1.165) is 19.2 Å². The van der Waals surface area contributed by atoms with Crippen LogP contribution >= 0.6 is 0 Å². The maximum atomic E-state index is 11.2. The Labute approximate surface area is 108 Å². The van der Waals surface area contributed by atoms with Gasteiger partial charge in [0.1, 0.15) is 5.56 Å². The average molecular weight is 290 g/mol. The quantitative estimate of drug-likeness (QED) is 0.434. The van der Waals surface area contributed by atoms with Crippen molar-refractivity contribution in [3.05, 3.63) is 44.0 Å². The van der Waals surface area contributed by atoms with Crippen LogP contribution < -0.4 is 0 Å². The number of hydrogen-bond acceptors (Lipinski definition) is 7. The molecule has 0 saturated heterocycles. The molecule has 0 N–H and O–H groups in total. The molecule has 0 radical (unpaired) electrons. The largest absolute Gasteiger partial charge is 0.279 e. The van der Waals surface area contributed by atoms with Crippen LogP contribution in [0.5, 0.6) is 0 Å². The molecule has 0 amide bonds. The lowest BCUT2D eigenvalue weighted by molar-refractivity contribution is -0.395. The van der Waals surface area contributed by atoms with Gasteiger partial charge in [-0.15, -0.1) is 0 Å². The van der Waals surface area contributed by atoms with Crippen LogP contribution in [0.25, 0.3) is 0 Å². The number of nitro groups is 2. The molecule has 0 aliphatic carbocycles. The van der Waals surface area contributed by atoms with Gasteiger partial charge < -0.3 is 0 Å². The van der Waals surface area contributed by atoms with E-state index in [4.69, 9.17) is 0 Å². The van der Waals surface area contributed by atoms with Gasteiger partial charge in [-0.2, -0.15) is 8.42 Å². The van der Waals surface area contributed by atoms with Crippen molar-refractivity contribution in [3.8, 4) is 0 Å². The van der Waals surface area contributed by atoms with Gasteiger partial charge in [-0.25, -0.2) is 0 Å². The maximum Gasteiger partial charge on any atom is 0.279 e. The average Bonchev–Trinajstić information content (AvgIpc) is 2.35. The summed E-state index contributed by atoms with van der Waals surface area (Å²) in [5.41, 5.74) is -1.21. The molecule has 1 rings (SSSR count). The smallest absolute Gasteiger partial charge is 0.273 e. The van der Waals surface area contributed by atoms with Gasteiger partial charge in [0.05, 0.1) is 22.7 Å². The number of benzene rings is 1. The lowest BCUT2D eigenvalue weighted by atomic mass is 10.1. The Bertz CT molecular complexity index is 579. The highest BCUT2D eigenvalue weighted by Crippen LogP contribution is 2.28. The van der Waals surface area contributed by atoms with Crippen LogP contribution in [0.1, 0.15) is 5.56 Å². The summed E-state index contributed by atoms with van der Waals surface area (Å²) in [5, 5.41) is 21.6. The number of nitro benzene ring substituents is 2. The molecular formula is C9H10N2O7S. The molecule has 0 saturated carbocycles. The normalized spacial score (nSPS) is 11.2. The van der Waals surface area contributed by atoms with Crippen molar-refractivity contribution >= 4 is 21.5 Å². The zero-order chi connectivity index (χ0) is 14.6. The number of hydrogen-bond donors (Lipinski definition) is 0. The van der Waals surface area contributed by atoms with Gasteiger partial charge in [-0.3, -0.25) is 24.4 Å². The summed E-state index contributed by atoms with van der Waals surface area (Å²) in [6.07, 6.45) is -0.371. The van der Waals surface area contributed by atoms with E-state index in [9.17, 15) is 28.6 Å². The molecule has 0 heterocycles. The topological polar surface area (TPSA) is 130 Å². The summed E-state index contributed by atoms with van der Waals surface area (Å²) in [7, 11) is -2.90. The van der Waals surface area contributed by atoms with Crippen molar-refractivity contribution in [2.75, 3.05) is 12.9 Å². The van der Waals surface area contributed by atoms with Crippen LogP contribution in [0, 0.1) is 20.2 Å². The summed E-state index contributed by atoms with van der Waals surface area (Å²) in [5.74, 6) is -0.574. The molecule has 0 aliphatic rings. The third-order valence-electron chi connectivity index (χ3n) is 2.38. The van der Waals surface area contributed by atoms with Crippen molar-refractivity contribution in [1.29, 1.82) is 0 Å². The minimum Gasteiger partial charge on any atom is -0.273 e. The Kier molecular flexibility index (Phi) is 4.51. The predicted octanol–water partition coefficient (Wildman–Crippen LogP) is 1.02. The Balaban J connectivity index is 3.22. The van der Waals surface area contributed by atoms with Gasteiger partial charge in [-0.05, 0) is 6.07 Å². The molecule has 1 aromatic rings. The summed E-state index contributed by atoms with van der Waals surface area (Å²) < 4.78 is 26.5. The van der Waals surface area contributed by atoms with Gasteiger partial charge in [-0.1, -0.05) is 0 Å². The molecule has 0 aliphatic heterocycles. The molecule has 10 heteroatoms. The molecule has 1 aromatic carbocycles. The van der Waals surface area contributed by atoms with Crippen molar-refractivity contribution in [2.45, 2.75) is 6.42 Å². The highest BCUT2D eigenvalue weighted by Gasteiger charge is 2.25. The van der Waals surface area contributed by atoms with Crippen LogP contribution in [-0.2, 0) is 20.7 Å². The van der Waals surface area contributed by atoms with E-state index in [1.165, 1.54) is 6.07 Å². The second kappa shape index (κ2) is 5.71. The molecule has 0 atom stereocenters. The molecule has 19 heavy (non-hydrogen) atoms. The molecule has 104 valence electrons. The minimum absolute atomic E-state index is 0.238. The second-order valence-corrected chi connectivity index (χ2v) is 5.32. The molecule has 0 fully saturated rings. The highest BCUT2D eigenvalue weighted by atomic mass is 32.2. The summed E-state index contributed by atoms with van der Waals surface area (Å²) >= 11 is 0. The predicted molar refractivity (Wildman–Crippen MR) is 64.3 cm³/mol. The van der Waals surface area contributed by atoms with Crippen LogP contribution in [0.15, 0.2) is 18.2 Å². The van der Waals surface area contributed by atoms with Crippen molar-refractivity contribution in [3.63, 3.8) is 0 Å². The standard InChI is InChI=1S/C9H10N2O7S/c1-18-19(16,17)6-5-7-8(10(12)13)3-2-4-9(7)11(14)15/h2-4H,5-6H2,1H3. The summed E-state index contributed by atoms with van der Waals surface area (Å²) in [6.45, 7) is 0. The first-order valence-electron chi connectivity index (χ1n) is 4.97. The van der Waals surface area contributed by atoms with E-state index in [1.807, 2.05) is 0 Å². The SMILES string of the molecule is COS(=O)(=O)CCc1c([N+](=O)[O-])cccc1[N+](=O)[O-]. The minimum atomic E-state index is -3.85. The van der Waals surface area contributed by atoms with E-state index in [0.29, 0.717) is 0 Å². The van der Waals surface area contributed by atoms with E-state index >= 15 is 0 Å². The first-order valence-corrected chi connectivity index (χ1v) is 6.55. The van der Waals surface area contributed by atoms with Gasteiger partial charge >= 0.3 is 0 Å². The Hall–Kier alpha value is -2.07. The molecule has 0 spiro atoms. The fourth-order valence-corrected chi connectivity index (χ4v) is 2.09. The maximum absolute atomic E-state index is 11.2. The number of rotatable bonds is 6. The van der Waals surface area contributed by atoms with E-state index in [1.54, 1.807) is 0 Å². The Morgan fingerprint density at radius 1 is 1.16 bits per heavy atom. The zero-order valence-corrected chi connectivity index (χ0v) is 10.6. The highest BCUT2D eigenvalue weighted by molar-refractivity contribution is 7.86. The van der Waals surface area contributed by atoms with Crippen molar-refractivity contribution < 1.29 is 22.4 Å². The molecular weight excluding hydrogens is 280 g/mol. The third-order valence-corrected chi connectivity index (χ3v) is 3.59. The first-order chi connectivity index (χ1) is 8.78. The molecule has 0 aromatic heterocycles. The fraction of sp³-hybridized carbons (Fsp3) is 0.333. The van der Waals surface area contributed by atoms with Gasteiger partial charge in [0.15, 0.2) is 0 Å². The van der Waals surface area contributed by atoms with Gasteiger partial charge in [0.2, 0.25) is 0 Å². The zero-order valence-electron chi connectivity index (χ0n) is 9.81. The summed E-state index contributed by atoms with van der Waals surface area (Å²) in [4.78, 5) is 20.0. The van der Waals surface area contributed by atoms with Crippen LogP contribution in [0.3, 0.4) is 0 Å². The van der Waals surface area contributed by atoms with Gasteiger partial charge in [0, 0.05) is 18.6 Å². The van der Waals surface area contributed by atoms with E-state index in [2.05, 4.69) is 4.18 Å². The molecule has 9 nitrogen and oxygen atoms in total.